The van der Waals surface area contributed by atoms with Crippen LogP contribution in [0.25, 0.3) is 32.3 Å². The quantitative estimate of drug-likeness (QED) is 0.0760. The largest absolute Gasteiger partial charge is 0.410 e. The molecule has 1 aliphatic heterocycles. The first kappa shape index (κ1) is 52.3. The van der Waals surface area contributed by atoms with Crippen molar-refractivity contribution < 1.29 is 15.2 Å². The summed E-state index contributed by atoms with van der Waals surface area (Å²) < 4.78 is 15.4. The smallest absolute Gasteiger partial charge is 0.258 e. The number of rotatable bonds is 9. The third-order valence-electron chi connectivity index (χ3n) is 18.0. The Morgan fingerprint density at radius 3 is 1.29 bits per heavy atom. The lowest BCUT2D eigenvalue weighted by Crippen LogP contribution is -2.59. The second-order valence-corrected chi connectivity index (χ2v) is 23.0. The Kier molecular flexibility index (Phi) is 13.1. The summed E-state index contributed by atoms with van der Waals surface area (Å²) in [5.41, 5.74) is 11.5. The molecule has 9 saturated carbocycles. The van der Waals surface area contributed by atoms with Crippen molar-refractivity contribution in [2.45, 2.75) is 101 Å². The molecule has 6 aromatic heterocycles. The number of ether oxygens (including phenoxy) is 1. The van der Waals surface area contributed by atoms with Crippen LogP contribution in [0.2, 0.25) is 0 Å². The van der Waals surface area contributed by atoms with Crippen LogP contribution in [-0.4, -0.2) is 93.7 Å². The minimum Gasteiger partial charge on any atom is -0.410 e. The number of hydrogen-bond donors (Lipinski definition) is 3. The molecular formula is C59H65N15O6. The summed E-state index contributed by atoms with van der Waals surface area (Å²) in [7, 11) is 5.18. The molecule has 80 heavy (non-hydrogen) atoms. The third kappa shape index (κ3) is 8.55. The highest BCUT2D eigenvalue weighted by Crippen LogP contribution is 2.63. The van der Waals surface area contributed by atoms with Gasteiger partial charge in [-0.25, -0.2) is 14.0 Å². The molecule has 21 nitrogen and oxygen atoms in total. The first-order valence-corrected chi connectivity index (χ1v) is 27.1. The van der Waals surface area contributed by atoms with Crippen LogP contribution in [0.1, 0.15) is 118 Å². The van der Waals surface area contributed by atoms with E-state index in [2.05, 4.69) is 41.2 Å². The van der Waals surface area contributed by atoms with Crippen molar-refractivity contribution in [3.05, 3.63) is 175 Å². The zero-order chi connectivity index (χ0) is 54.4. The SMILES string of the molecule is C.C1CCOC1.Cn1ccc2c(/C(=N/O)c3cn(C45CC(C4)C5)nn3)cccc2c1=O.Cn1ccc2c(/C(=N\O)c3cn(C45CC(C4)C5)nn3)cccc2c1=O.Cn1ccc2c(C(N)c3cn(C45CC(C4)C5)nn3)cccc2c1=O. The van der Waals surface area contributed by atoms with Crippen LogP contribution in [0.4, 0.5) is 0 Å². The topological polar surface area (TPSA) is 259 Å². The van der Waals surface area contributed by atoms with Crippen LogP contribution in [0.3, 0.4) is 0 Å². The second-order valence-electron chi connectivity index (χ2n) is 23.0. The van der Waals surface area contributed by atoms with Gasteiger partial charge in [-0.3, -0.25) is 14.4 Å². The van der Waals surface area contributed by atoms with Crippen molar-refractivity contribution in [2.24, 2.45) is 54.9 Å². The first-order valence-electron chi connectivity index (χ1n) is 27.1. The Labute approximate surface area is 459 Å². The highest BCUT2D eigenvalue weighted by Gasteiger charge is 2.60. The number of pyridine rings is 3. The van der Waals surface area contributed by atoms with Crippen molar-refractivity contribution in [3.63, 3.8) is 0 Å². The summed E-state index contributed by atoms with van der Waals surface area (Å²) in [5.74, 6) is 2.57. The van der Waals surface area contributed by atoms with Crippen LogP contribution in [0.5, 0.6) is 0 Å². The first-order chi connectivity index (χ1) is 38.3. The minimum atomic E-state index is -0.387. The third-order valence-corrected chi connectivity index (χ3v) is 18.0. The standard InChI is InChI=1S/2C18H17N5O2.C18H19N5O.C4H8O.CH4/c2*1-22-6-5-12-13(3-2-4-14(12)17(22)24)16(20-25)15-10-23(21-19-15)18-7-11(8-18)9-18;1-22-6-5-12-13(3-2-4-14(12)17(22)24)16(19)15-10-23(21-20-15)18-7-11(8-18)9-18;1-2-4-5-3-1;/h2*2-6,10-11,25H,7-9H2,1H3;2-6,10-11,16H,7-9,19H2,1H3;1-4H2;1H4/b20-16+;20-16-;;;. The van der Waals surface area contributed by atoms with E-state index in [1.165, 1.54) is 41.2 Å². The highest BCUT2D eigenvalue weighted by molar-refractivity contribution is 6.19. The van der Waals surface area contributed by atoms with E-state index < -0.39 is 0 Å². The van der Waals surface area contributed by atoms with Gasteiger partial charge in [-0.05, 0) is 147 Å². The Hall–Kier alpha value is -8.43. The molecule has 10 fully saturated rings. The maximum absolute atomic E-state index is 12.3. The molecule has 7 heterocycles. The second kappa shape index (κ2) is 20.0. The molecule has 10 aliphatic rings. The maximum atomic E-state index is 12.3. The Bertz CT molecular complexity index is 3890. The summed E-state index contributed by atoms with van der Waals surface area (Å²) in [4.78, 5) is 37.0. The van der Waals surface area contributed by atoms with Crippen LogP contribution in [-0.2, 0) is 42.5 Å². The predicted molar refractivity (Wildman–Crippen MR) is 301 cm³/mol. The molecule has 21 heteroatoms. The number of oxime groups is 2. The van der Waals surface area contributed by atoms with E-state index in [-0.39, 0.29) is 46.8 Å². The lowest BCUT2D eigenvalue weighted by molar-refractivity contribution is -0.0989. The molecule has 9 aliphatic carbocycles. The van der Waals surface area contributed by atoms with Gasteiger partial charge < -0.3 is 34.6 Å². The van der Waals surface area contributed by atoms with E-state index in [9.17, 15) is 24.8 Å². The summed E-state index contributed by atoms with van der Waals surface area (Å²) in [6.07, 6.45) is 24.0. The van der Waals surface area contributed by atoms with Gasteiger partial charge in [-0.15, -0.1) is 15.3 Å². The number of nitrogens with two attached hydrogens (primary N) is 1. The number of hydrogen-bond acceptors (Lipinski definition) is 15. The molecule has 9 aromatic rings. The zero-order valence-corrected chi connectivity index (χ0v) is 44.3. The fourth-order valence-electron chi connectivity index (χ4n) is 13.0. The molecule has 412 valence electrons. The maximum Gasteiger partial charge on any atom is 0.258 e. The number of fused-ring (bicyclic) bond motifs is 3. The van der Waals surface area contributed by atoms with Gasteiger partial charge in [0.05, 0.1) is 41.2 Å². The molecule has 6 bridgehead atoms. The van der Waals surface area contributed by atoms with Gasteiger partial charge in [0, 0.05) is 80.2 Å². The molecule has 0 spiro atoms. The number of aryl methyl sites for hydroxylation is 3. The highest BCUT2D eigenvalue weighted by atomic mass is 16.5. The molecule has 19 rings (SSSR count). The average Bonchev–Trinajstić information content (AvgIpc) is 4.41. The van der Waals surface area contributed by atoms with Crippen molar-refractivity contribution in [3.8, 4) is 0 Å². The summed E-state index contributed by atoms with van der Waals surface area (Å²) in [6, 6.07) is 21.7. The van der Waals surface area contributed by atoms with E-state index >= 15 is 0 Å². The molecule has 0 radical (unpaired) electrons. The lowest BCUT2D eigenvalue weighted by Gasteiger charge is -2.61. The van der Waals surface area contributed by atoms with Crippen molar-refractivity contribution >= 4 is 43.7 Å². The van der Waals surface area contributed by atoms with Crippen molar-refractivity contribution in [2.75, 3.05) is 13.2 Å². The van der Waals surface area contributed by atoms with E-state index in [4.69, 9.17) is 10.5 Å². The van der Waals surface area contributed by atoms with Gasteiger partial charge in [0.2, 0.25) is 0 Å². The van der Waals surface area contributed by atoms with Crippen LogP contribution in [0.15, 0.2) is 135 Å². The Morgan fingerprint density at radius 2 is 0.912 bits per heavy atom. The fraction of sp³-hybridized carbons (Fsp3) is 0.407. The Balaban J connectivity index is 0.000000113. The predicted octanol–water partition coefficient (Wildman–Crippen LogP) is 6.85. The molecule has 4 N–H and O–H groups in total. The molecule has 1 atom stereocenters. The zero-order valence-electron chi connectivity index (χ0n) is 44.3. The number of aromatic nitrogens is 12. The normalized spacial score (nSPS) is 24.8. The summed E-state index contributed by atoms with van der Waals surface area (Å²) in [5, 5.41) is 56.0. The van der Waals surface area contributed by atoms with Crippen molar-refractivity contribution in [1.82, 2.24) is 58.7 Å². The Morgan fingerprint density at radius 1 is 0.537 bits per heavy atom. The van der Waals surface area contributed by atoms with Crippen LogP contribution >= 0.6 is 0 Å². The lowest BCUT2D eigenvalue weighted by atomic mass is 9.50. The van der Waals surface area contributed by atoms with Crippen LogP contribution < -0.4 is 22.4 Å². The molecule has 3 aromatic carbocycles. The van der Waals surface area contributed by atoms with Gasteiger partial charge in [0.1, 0.15) is 28.5 Å². The number of nitrogens with zero attached hydrogens (tertiary/aromatic N) is 14. The van der Waals surface area contributed by atoms with Gasteiger partial charge >= 0.3 is 0 Å². The molecular weight excluding hydrogens is 1010 g/mol. The van der Waals surface area contributed by atoms with Gasteiger partial charge in [0.15, 0.2) is 0 Å². The molecule has 1 saturated heterocycles. The van der Waals surface area contributed by atoms with E-state index in [1.807, 2.05) is 81.2 Å². The fourth-order valence-corrected chi connectivity index (χ4v) is 13.0. The van der Waals surface area contributed by atoms with Gasteiger partial charge in [-0.1, -0.05) is 69.8 Å². The average molecular weight is 1080 g/mol. The van der Waals surface area contributed by atoms with Gasteiger partial charge in [-0.2, -0.15) is 0 Å². The molecule has 1 unspecified atom stereocenters. The molecule has 0 amide bonds. The van der Waals surface area contributed by atoms with E-state index in [0.29, 0.717) is 50.1 Å². The van der Waals surface area contributed by atoms with E-state index in [0.717, 1.165) is 96.9 Å². The summed E-state index contributed by atoms with van der Waals surface area (Å²) >= 11 is 0. The monoisotopic (exact) mass is 1080 g/mol. The number of benzene rings is 3. The summed E-state index contributed by atoms with van der Waals surface area (Å²) in [6.45, 7) is 2.00. The van der Waals surface area contributed by atoms with Crippen LogP contribution in [0, 0.1) is 17.8 Å². The van der Waals surface area contributed by atoms with Gasteiger partial charge in [0.25, 0.3) is 16.7 Å². The van der Waals surface area contributed by atoms with E-state index in [1.54, 1.807) is 68.6 Å². The minimum absolute atomic E-state index is 0. The van der Waals surface area contributed by atoms with Crippen molar-refractivity contribution in [1.29, 1.82) is 0 Å².